The molecule has 1 spiro atoms. The van der Waals surface area contributed by atoms with Gasteiger partial charge in [0.2, 0.25) is 5.91 Å². The first kappa shape index (κ1) is 21.3. The SMILES string of the molecule is Cc1cc(-c2cc(Cl)c3c(c2)CN=C3)ccc1C1=NC2(CC2)C(=O)N1CC1CN(C(=O)C2CC2)C1. The van der Waals surface area contributed by atoms with Gasteiger partial charge in [0.1, 0.15) is 11.4 Å². The monoisotopic (exact) mass is 486 g/mol. The molecule has 0 radical (unpaired) electrons. The number of nitrogens with zero attached hydrogens (tertiary/aromatic N) is 4. The molecule has 0 N–H and O–H groups in total. The van der Waals surface area contributed by atoms with Crippen LogP contribution < -0.4 is 0 Å². The number of hydrogen-bond acceptors (Lipinski definition) is 4. The minimum Gasteiger partial charge on any atom is -0.342 e. The van der Waals surface area contributed by atoms with E-state index in [4.69, 9.17) is 16.6 Å². The maximum absolute atomic E-state index is 13.3. The van der Waals surface area contributed by atoms with Crippen LogP contribution in [0.4, 0.5) is 0 Å². The minimum absolute atomic E-state index is 0.133. The molecule has 0 unspecified atom stereocenters. The molecule has 3 heterocycles. The zero-order valence-electron chi connectivity index (χ0n) is 19.8. The maximum atomic E-state index is 13.3. The Bertz CT molecular complexity index is 1350. The summed E-state index contributed by atoms with van der Waals surface area (Å²) in [4.78, 5) is 38.8. The third kappa shape index (κ3) is 3.45. The molecule has 2 aromatic carbocycles. The van der Waals surface area contributed by atoms with Crippen LogP contribution in [-0.4, -0.2) is 58.8 Å². The van der Waals surface area contributed by atoms with E-state index in [1.165, 1.54) is 0 Å². The van der Waals surface area contributed by atoms with Gasteiger partial charge in [-0.05, 0) is 67.0 Å². The number of benzene rings is 2. The summed E-state index contributed by atoms with van der Waals surface area (Å²) in [6.45, 7) is 4.88. The van der Waals surface area contributed by atoms with Gasteiger partial charge in [-0.1, -0.05) is 29.8 Å². The van der Waals surface area contributed by atoms with Crippen molar-refractivity contribution in [2.24, 2.45) is 21.8 Å². The van der Waals surface area contributed by atoms with Gasteiger partial charge in [-0.15, -0.1) is 0 Å². The second-order valence-corrected chi connectivity index (χ2v) is 11.2. The summed E-state index contributed by atoms with van der Waals surface area (Å²) in [7, 11) is 0. The van der Waals surface area contributed by atoms with E-state index in [9.17, 15) is 9.59 Å². The van der Waals surface area contributed by atoms with Crippen molar-refractivity contribution in [3.63, 3.8) is 0 Å². The molecule has 2 amide bonds. The number of carbonyl (C=O) groups excluding carboxylic acids is 2. The first-order chi connectivity index (χ1) is 16.9. The molecule has 7 rings (SSSR count). The fourth-order valence-electron chi connectivity index (χ4n) is 5.64. The molecule has 5 aliphatic rings. The van der Waals surface area contributed by atoms with E-state index in [0.29, 0.717) is 24.9 Å². The Morgan fingerprint density at radius 1 is 1.14 bits per heavy atom. The Hall–Kier alpha value is -2.99. The second-order valence-electron chi connectivity index (χ2n) is 10.8. The van der Waals surface area contributed by atoms with Crippen LogP contribution >= 0.6 is 11.6 Å². The lowest BCUT2D eigenvalue weighted by molar-refractivity contribution is -0.139. The quantitative estimate of drug-likeness (QED) is 0.634. The lowest BCUT2D eigenvalue weighted by atomic mass is 9.95. The molecule has 2 aliphatic carbocycles. The van der Waals surface area contributed by atoms with Crippen molar-refractivity contribution < 1.29 is 9.59 Å². The van der Waals surface area contributed by atoms with Crippen molar-refractivity contribution in [1.29, 1.82) is 0 Å². The fraction of sp³-hybridized carbons (Fsp3) is 0.429. The Labute approximate surface area is 209 Å². The van der Waals surface area contributed by atoms with Gasteiger partial charge in [0.25, 0.3) is 5.91 Å². The number of hydrogen-bond donors (Lipinski definition) is 0. The third-order valence-corrected chi connectivity index (χ3v) is 8.39. The molecule has 35 heavy (non-hydrogen) atoms. The molecule has 0 bridgehead atoms. The molecule has 0 aromatic heterocycles. The minimum atomic E-state index is -0.540. The predicted octanol–water partition coefficient (Wildman–Crippen LogP) is 4.24. The highest BCUT2D eigenvalue weighted by Crippen LogP contribution is 2.47. The smallest absolute Gasteiger partial charge is 0.256 e. The molecule has 0 atom stereocenters. The average molecular weight is 487 g/mol. The molecular formula is C28H27ClN4O2. The molecule has 2 saturated carbocycles. The lowest BCUT2D eigenvalue weighted by Gasteiger charge is -2.41. The highest BCUT2D eigenvalue weighted by molar-refractivity contribution is 6.33. The number of aliphatic imine (C=N–C) groups is 2. The molecule has 7 heteroatoms. The molecule has 3 fully saturated rings. The van der Waals surface area contributed by atoms with Gasteiger partial charge in [-0.2, -0.15) is 0 Å². The van der Waals surface area contributed by atoms with Gasteiger partial charge in [0, 0.05) is 48.8 Å². The van der Waals surface area contributed by atoms with Crippen LogP contribution in [0.5, 0.6) is 0 Å². The lowest BCUT2D eigenvalue weighted by Crippen LogP contribution is -2.55. The van der Waals surface area contributed by atoms with E-state index in [-0.39, 0.29) is 11.8 Å². The Kier molecular flexibility index (Phi) is 4.57. The number of carbonyl (C=O) groups is 2. The number of likely N-dealkylation sites (tertiary alicyclic amines) is 1. The Balaban J connectivity index is 1.14. The number of amides is 2. The van der Waals surface area contributed by atoms with Crippen LogP contribution in [0.1, 0.15) is 47.9 Å². The van der Waals surface area contributed by atoms with Gasteiger partial charge < -0.3 is 4.90 Å². The number of fused-ring (bicyclic) bond motifs is 1. The van der Waals surface area contributed by atoms with E-state index in [1.807, 2.05) is 22.1 Å². The Morgan fingerprint density at radius 3 is 2.66 bits per heavy atom. The average Bonchev–Trinajstić information content (AvgIpc) is 3.73. The first-order valence-corrected chi connectivity index (χ1v) is 12.9. The largest absolute Gasteiger partial charge is 0.342 e. The van der Waals surface area contributed by atoms with Crippen LogP contribution in [-0.2, 0) is 16.1 Å². The molecule has 2 aromatic rings. The van der Waals surface area contributed by atoms with Gasteiger partial charge >= 0.3 is 0 Å². The molecule has 1 saturated heterocycles. The van der Waals surface area contributed by atoms with Crippen molar-refractivity contribution in [2.75, 3.05) is 19.6 Å². The second kappa shape index (κ2) is 7.50. The summed E-state index contributed by atoms with van der Waals surface area (Å²) in [5.41, 5.74) is 5.88. The summed E-state index contributed by atoms with van der Waals surface area (Å²) < 4.78 is 0. The Morgan fingerprint density at radius 2 is 1.94 bits per heavy atom. The first-order valence-electron chi connectivity index (χ1n) is 12.6. The summed E-state index contributed by atoms with van der Waals surface area (Å²) in [5, 5.41) is 0.725. The van der Waals surface area contributed by atoms with Crippen molar-refractivity contribution in [3.05, 3.63) is 57.6 Å². The van der Waals surface area contributed by atoms with Gasteiger partial charge in [-0.3, -0.25) is 24.5 Å². The van der Waals surface area contributed by atoms with Crippen LogP contribution in [0, 0.1) is 18.8 Å². The topological polar surface area (TPSA) is 65.3 Å². The molecule has 178 valence electrons. The number of rotatable bonds is 5. The van der Waals surface area contributed by atoms with Gasteiger partial charge in [0.05, 0.1) is 11.6 Å². The molecule has 6 nitrogen and oxygen atoms in total. The maximum Gasteiger partial charge on any atom is 0.256 e. The standard InChI is InChI=1S/C28H27ClN4O2/c1-16-8-19(20-9-21-11-30-12-23(21)24(29)10-20)4-5-22(16)25-31-28(6-7-28)27(35)33(25)15-17-13-32(14-17)26(34)18-2-3-18/h4-5,8-10,12,17-18H,2-3,6-7,11,13-15H2,1H3. The highest BCUT2D eigenvalue weighted by Gasteiger charge is 2.58. The summed E-state index contributed by atoms with van der Waals surface area (Å²) in [6, 6.07) is 10.5. The van der Waals surface area contributed by atoms with Crippen LogP contribution in [0.2, 0.25) is 5.02 Å². The number of aryl methyl sites for hydroxylation is 1. The third-order valence-electron chi connectivity index (χ3n) is 8.08. The number of halogens is 1. The van der Waals surface area contributed by atoms with E-state index in [0.717, 1.165) is 83.0 Å². The van der Waals surface area contributed by atoms with E-state index >= 15 is 0 Å². The van der Waals surface area contributed by atoms with Crippen molar-refractivity contribution >= 4 is 35.5 Å². The number of amidine groups is 1. The van der Waals surface area contributed by atoms with E-state index in [2.05, 4.69) is 36.2 Å². The molecule has 3 aliphatic heterocycles. The van der Waals surface area contributed by atoms with E-state index < -0.39 is 5.54 Å². The van der Waals surface area contributed by atoms with Crippen molar-refractivity contribution in [1.82, 2.24) is 9.80 Å². The predicted molar refractivity (Wildman–Crippen MR) is 136 cm³/mol. The van der Waals surface area contributed by atoms with Crippen molar-refractivity contribution in [2.45, 2.75) is 44.7 Å². The van der Waals surface area contributed by atoms with Crippen LogP contribution in [0.15, 0.2) is 40.3 Å². The zero-order chi connectivity index (χ0) is 23.9. The van der Waals surface area contributed by atoms with Crippen LogP contribution in [0.3, 0.4) is 0 Å². The van der Waals surface area contributed by atoms with Crippen LogP contribution in [0.25, 0.3) is 11.1 Å². The zero-order valence-corrected chi connectivity index (χ0v) is 20.5. The normalized spacial score (nSPS) is 22.0. The highest BCUT2D eigenvalue weighted by atomic mass is 35.5. The van der Waals surface area contributed by atoms with Gasteiger partial charge in [0.15, 0.2) is 0 Å². The molecular weight excluding hydrogens is 460 g/mol. The summed E-state index contributed by atoms with van der Waals surface area (Å²) in [5.74, 6) is 1.80. The summed E-state index contributed by atoms with van der Waals surface area (Å²) in [6.07, 6.45) is 5.57. The van der Waals surface area contributed by atoms with E-state index in [1.54, 1.807) is 0 Å². The summed E-state index contributed by atoms with van der Waals surface area (Å²) >= 11 is 6.51. The fourth-order valence-corrected chi connectivity index (χ4v) is 5.92. The van der Waals surface area contributed by atoms with Gasteiger partial charge in [-0.25, -0.2) is 0 Å². The van der Waals surface area contributed by atoms with Crippen molar-refractivity contribution in [3.8, 4) is 11.1 Å².